The Morgan fingerprint density at radius 3 is 2.62 bits per heavy atom. The van der Waals surface area contributed by atoms with Gasteiger partial charge in [-0.15, -0.1) is 0 Å². The Labute approximate surface area is 229 Å². The van der Waals surface area contributed by atoms with Crippen molar-refractivity contribution in [1.29, 1.82) is 5.41 Å². The summed E-state index contributed by atoms with van der Waals surface area (Å²) in [7, 11) is 0. The van der Waals surface area contributed by atoms with Crippen molar-refractivity contribution in [2.75, 3.05) is 13.2 Å². The number of ether oxygens (including phenoxy) is 2. The Morgan fingerprint density at radius 2 is 1.86 bits per heavy atom. The van der Waals surface area contributed by atoms with Crippen LogP contribution in [0, 0.1) is 5.41 Å². The van der Waals surface area contributed by atoms with Gasteiger partial charge in [-0.2, -0.15) is 15.1 Å². The van der Waals surface area contributed by atoms with Crippen molar-refractivity contribution in [2.24, 2.45) is 10.1 Å². The van der Waals surface area contributed by atoms with E-state index < -0.39 is 5.91 Å². The molecule has 192 valence electrons. The van der Waals surface area contributed by atoms with Gasteiger partial charge in [-0.3, -0.25) is 10.2 Å². The Bertz CT molecular complexity index is 1280. The largest absolute Gasteiger partial charge is 0.490 e. The molecule has 1 N–H and O–H groups in total. The van der Waals surface area contributed by atoms with E-state index in [1.54, 1.807) is 6.08 Å². The van der Waals surface area contributed by atoms with Crippen molar-refractivity contribution < 1.29 is 14.3 Å². The molecule has 1 fully saturated rings. The van der Waals surface area contributed by atoms with Gasteiger partial charge >= 0.3 is 0 Å². The quantitative estimate of drug-likeness (QED) is 0.268. The first-order chi connectivity index (χ1) is 18.0. The molecule has 1 amide bonds. The summed E-state index contributed by atoms with van der Waals surface area (Å²) in [5, 5.41) is 15.6. The smallest absolute Gasteiger partial charge is 0.283 e. The van der Waals surface area contributed by atoms with E-state index in [4.69, 9.17) is 14.9 Å². The molecule has 2 aliphatic heterocycles. The minimum Gasteiger partial charge on any atom is -0.490 e. The van der Waals surface area contributed by atoms with Gasteiger partial charge in [0, 0.05) is 10.0 Å². The predicted molar refractivity (Wildman–Crippen MR) is 153 cm³/mol. The minimum atomic E-state index is -0.456. The number of hydrogen-bond donors (Lipinski definition) is 1. The highest BCUT2D eigenvalue weighted by atomic mass is 79.9. The number of carbonyl (C=O) groups is 1. The van der Waals surface area contributed by atoms with Gasteiger partial charge < -0.3 is 9.47 Å². The van der Waals surface area contributed by atoms with Crippen molar-refractivity contribution in [3.05, 3.63) is 63.6 Å². The van der Waals surface area contributed by atoms with Crippen molar-refractivity contribution in [1.82, 2.24) is 5.01 Å². The highest BCUT2D eigenvalue weighted by molar-refractivity contribution is 9.10. The molecule has 1 saturated carbocycles. The Hall–Kier alpha value is -2.91. The zero-order valence-corrected chi connectivity index (χ0v) is 23.1. The molecule has 0 bridgehead atoms. The fourth-order valence-corrected chi connectivity index (χ4v) is 5.88. The molecule has 5 rings (SSSR count). The van der Waals surface area contributed by atoms with Crippen LogP contribution in [-0.4, -0.2) is 40.2 Å². The predicted octanol–water partition coefficient (Wildman–Crippen LogP) is 6.98. The second-order valence-electron chi connectivity index (χ2n) is 9.15. The fourth-order valence-electron chi connectivity index (χ4n) is 4.68. The van der Waals surface area contributed by atoms with Gasteiger partial charge in [0.25, 0.3) is 5.91 Å². The number of thioether (sulfide) groups is 1. The lowest BCUT2D eigenvalue weighted by atomic mass is 9.84. The molecule has 0 spiro atoms. The fraction of sp³-hybridized carbons (Fsp3) is 0.357. The van der Waals surface area contributed by atoms with Crippen LogP contribution in [-0.2, 0) is 4.79 Å². The van der Waals surface area contributed by atoms with Crippen LogP contribution in [0.3, 0.4) is 0 Å². The van der Waals surface area contributed by atoms with E-state index in [9.17, 15) is 4.79 Å². The molecule has 2 aromatic rings. The van der Waals surface area contributed by atoms with Crippen LogP contribution in [0.15, 0.2) is 62.6 Å². The number of fused-ring (bicyclic) bond motifs is 1. The molecule has 0 aromatic heterocycles. The third-order valence-corrected chi connectivity index (χ3v) is 8.18. The van der Waals surface area contributed by atoms with E-state index in [2.05, 4.69) is 38.2 Å². The number of hydrogen-bond acceptors (Lipinski definition) is 6. The maximum Gasteiger partial charge on any atom is 0.283 e. The zero-order chi connectivity index (χ0) is 25.8. The van der Waals surface area contributed by atoms with E-state index in [1.807, 2.05) is 37.3 Å². The van der Waals surface area contributed by atoms with Crippen LogP contribution in [0.4, 0.5) is 0 Å². The van der Waals surface area contributed by atoms with Crippen molar-refractivity contribution in [3.8, 4) is 11.5 Å². The molecule has 37 heavy (non-hydrogen) atoms. The monoisotopic (exact) mass is 580 g/mol. The number of nitrogens with zero attached hydrogens (tertiary/aromatic N) is 3. The third-order valence-electron chi connectivity index (χ3n) is 6.64. The topological polar surface area (TPSA) is 87.3 Å². The Morgan fingerprint density at radius 1 is 1.11 bits per heavy atom. The minimum absolute atomic E-state index is 0.0110. The highest BCUT2D eigenvalue weighted by Crippen LogP contribution is 2.34. The van der Waals surface area contributed by atoms with Gasteiger partial charge in [-0.25, -0.2) is 0 Å². The average Bonchev–Trinajstić information content (AvgIpc) is 3.34. The second kappa shape index (κ2) is 11.6. The van der Waals surface area contributed by atoms with E-state index in [0.717, 1.165) is 21.7 Å². The van der Waals surface area contributed by atoms with Crippen LogP contribution < -0.4 is 9.47 Å². The number of carbonyl (C=O) groups excluding carboxylic acids is 1. The van der Waals surface area contributed by atoms with Gasteiger partial charge in [0.1, 0.15) is 29.8 Å². The normalized spacial score (nSPS) is 19.1. The third kappa shape index (κ3) is 5.99. The van der Waals surface area contributed by atoms with Crippen molar-refractivity contribution in [2.45, 2.75) is 51.4 Å². The maximum atomic E-state index is 12.7. The van der Waals surface area contributed by atoms with E-state index in [1.165, 1.54) is 54.4 Å². The summed E-state index contributed by atoms with van der Waals surface area (Å²) in [5.41, 5.74) is 2.24. The first-order valence-corrected chi connectivity index (χ1v) is 14.3. The Kier molecular flexibility index (Phi) is 8.10. The van der Waals surface area contributed by atoms with Crippen LogP contribution in [0.25, 0.3) is 6.08 Å². The van der Waals surface area contributed by atoms with Gasteiger partial charge in [0.2, 0.25) is 5.17 Å². The highest BCUT2D eigenvalue weighted by Gasteiger charge is 2.35. The van der Waals surface area contributed by atoms with Gasteiger partial charge in [0.05, 0.1) is 5.57 Å². The molecule has 1 aliphatic carbocycles. The molecule has 0 unspecified atom stereocenters. The van der Waals surface area contributed by atoms with E-state index >= 15 is 0 Å². The van der Waals surface area contributed by atoms with Crippen LogP contribution in [0.1, 0.15) is 62.5 Å². The molecule has 3 aliphatic rings. The SMILES string of the molecule is CCC1=NN2C(=N)/C(=C\c3cc(Br)ccc3OCCOc3ccc(C4CCCCC4)cc3)C(=O)N=C2S1. The summed E-state index contributed by atoms with van der Waals surface area (Å²) < 4.78 is 12.8. The first-order valence-electron chi connectivity index (χ1n) is 12.7. The molecule has 7 nitrogen and oxygen atoms in total. The standard InChI is InChI=1S/C28H29BrN4O3S/c1-2-25-32-33-26(30)23(27(34)31-28(33)37-25)17-20-16-21(29)10-13-24(20)36-15-14-35-22-11-8-19(9-12-22)18-6-4-3-5-7-18/h8-13,16-18,30H,2-7,14-15H2,1H3/b23-17+,30-26?. The molecular formula is C28H29BrN4O3S. The van der Waals surface area contributed by atoms with Gasteiger partial charge in [-0.05, 0) is 78.9 Å². The van der Waals surface area contributed by atoms with Crippen molar-refractivity contribution >= 4 is 55.7 Å². The molecule has 0 saturated heterocycles. The lowest BCUT2D eigenvalue weighted by Crippen LogP contribution is -2.35. The zero-order valence-electron chi connectivity index (χ0n) is 20.7. The number of amides is 1. The lowest BCUT2D eigenvalue weighted by molar-refractivity contribution is -0.114. The molecule has 2 aromatic carbocycles. The molecule has 0 atom stereocenters. The average molecular weight is 582 g/mol. The van der Waals surface area contributed by atoms with Crippen molar-refractivity contribution in [3.63, 3.8) is 0 Å². The summed E-state index contributed by atoms with van der Waals surface area (Å²) in [6, 6.07) is 14.0. The number of rotatable bonds is 8. The van der Waals surface area contributed by atoms with Crippen LogP contribution >= 0.6 is 27.7 Å². The van der Waals surface area contributed by atoms with E-state index in [0.29, 0.717) is 35.6 Å². The number of amidine groups is 2. The number of benzene rings is 2. The summed E-state index contributed by atoms with van der Waals surface area (Å²) in [5.74, 6) is 1.65. The molecule has 9 heteroatoms. The summed E-state index contributed by atoms with van der Waals surface area (Å²) in [6.07, 6.45) is 8.92. The number of hydrazone groups is 1. The van der Waals surface area contributed by atoms with Crippen LogP contribution in [0.2, 0.25) is 0 Å². The number of nitrogens with one attached hydrogen (secondary N) is 1. The second-order valence-corrected chi connectivity index (χ2v) is 11.1. The van der Waals surface area contributed by atoms with Crippen LogP contribution in [0.5, 0.6) is 11.5 Å². The maximum absolute atomic E-state index is 12.7. The van der Waals surface area contributed by atoms with Gasteiger partial charge in [0.15, 0.2) is 5.84 Å². The number of aliphatic imine (C=N–C) groups is 1. The molecular weight excluding hydrogens is 552 g/mol. The van der Waals surface area contributed by atoms with Gasteiger partial charge in [-0.1, -0.05) is 54.2 Å². The first kappa shape index (κ1) is 25.7. The molecule has 2 heterocycles. The lowest BCUT2D eigenvalue weighted by Gasteiger charge is -2.22. The van der Waals surface area contributed by atoms with E-state index in [-0.39, 0.29) is 11.4 Å². The molecule has 0 radical (unpaired) electrons. The number of halogens is 1. The Balaban J connectivity index is 1.23. The summed E-state index contributed by atoms with van der Waals surface area (Å²) in [4.78, 5) is 16.9. The summed E-state index contributed by atoms with van der Waals surface area (Å²) in [6.45, 7) is 2.70. The summed E-state index contributed by atoms with van der Waals surface area (Å²) >= 11 is 4.82.